The van der Waals surface area contributed by atoms with Gasteiger partial charge in [0.1, 0.15) is 11.9 Å². The topological polar surface area (TPSA) is 29.5 Å². The molecule has 3 heteroatoms. The first-order valence-corrected chi connectivity index (χ1v) is 7.63. The molecule has 19 heavy (non-hydrogen) atoms. The molecule has 0 bridgehead atoms. The van der Waals surface area contributed by atoms with Crippen LogP contribution in [0.25, 0.3) is 0 Å². The molecule has 1 aliphatic carbocycles. The normalized spacial score (nSPS) is 19.9. The number of rotatable bonds is 5. The molecule has 2 atom stereocenters. The maximum Gasteiger partial charge on any atom is 0.122 e. The van der Waals surface area contributed by atoms with Crippen LogP contribution in [0.3, 0.4) is 0 Å². The molecule has 0 heterocycles. The average molecular weight is 283 g/mol. The number of aliphatic hydroxyl groups excluding tert-OH is 1. The summed E-state index contributed by atoms with van der Waals surface area (Å²) < 4.78 is 5.76. The molecule has 1 aliphatic rings. The Labute approximate surface area is 120 Å². The van der Waals surface area contributed by atoms with Crippen molar-refractivity contribution in [2.45, 2.75) is 57.7 Å². The Morgan fingerprint density at radius 1 is 1.32 bits per heavy atom. The summed E-state index contributed by atoms with van der Waals surface area (Å²) >= 11 is 5.92. The second-order valence-electron chi connectivity index (χ2n) is 5.59. The Kier molecular flexibility index (Phi) is 5.53. The highest BCUT2D eigenvalue weighted by Gasteiger charge is 2.22. The molecule has 2 nitrogen and oxygen atoms in total. The number of halogens is 1. The molecule has 1 N–H and O–H groups in total. The lowest BCUT2D eigenvalue weighted by atomic mass is 9.84. The fourth-order valence-corrected chi connectivity index (χ4v) is 2.97. The van der Waals surface area contributed by atoms with Gasteiger partial charge in [-0.05, 0) is 37.5 Å². The number of hydrogen-bond donors (Lipinski definition) is 1. The van der Waals surface area contributed by atoms with Crippen molar-refractivity contribution >= 4 is 11.6 Å². The van der Waals surface area contributed by atoms with E-state index in [9.17, 15) is 5.11 Å². The van der Waals surface area contributed by atoms with Gasteiger partial charge in [0.25, 0.3) is 0 Å². The second-order valence-corrected chi connectivity index (χ2v) is 6.02. The van der Waals surface area contributed by atoms with Crippen LogP contribution in [0.15, 0.2) is 24.3 Å². The maximum atomic E-state index is 10.2. The van der Waals surface area contributed by atoms with Gasteiger partial charge in [-0.2, -0.15) is 0 Å². The third kappa shape index (κ3) is 4.70. The third-order valence-corrected chi connectivity index (χ3v) is 4.19. The van der Waals surface area contributed by atoms with Crippen LogP contribution in [-0.4, -0.2) is 17.3 Å². The molecule has 1 aromatic rings. The SMILES string of the molecule is CC(Oc1cccc(Cl)c1)C(O)CC1CCCCC1. The lowest BCUT2D eigenvalue weighted by Gasteiger charge is -2.27. The lowest BCUT2D eigenvalue weighted by Crippen LogP contribution is -2.31. The van der Waals surface area contributed by atoms with Gasteiger partial charge in [0.15, 0.2) is 0 Å². The Hall–Kier alpha value is -0.730. The van der Waals surface area contributed by atoms with Gasteiger partial charge in [0.05, 0.1) is 6.10 Å². The van der Waals surface area contributed by atoms with Crippen molar-refractivity contribution in [2.75, 3.05) is 0 Å². The Morgan fingerprint density at radius 2 is 2.05 bits per heavy atom. The van der Waals surface area contributed by atoms with Gasteiger partial charge < -0.3 is 9.84 Å². The highest BCUT2D eigenvalue weighted by Crippen LogP contribution is 2.28. The van der Waals surface area contributed by atoms with Crippen LogP contribution in [0.4, 0.5) is 0 Å². The summed E-state index contributed by atoms with van der Waals surface area (Å²) in [7, 11) is 0. The summed E-state index contributed by atoms with van der Waals surface area (Å²) in [6.07, 6.45) is 6.72. The lowest BCUT2D eigenvalue weighted by molar-refractivity contribution is 0.0264. The Morgan fingerprint density at radius 3 is 2.74 bits per heavy atom. The van der Waals surface area contributed by atoms with Gasteiger partial charge >= 0.3 is 0 Å². The van der Waals surface area contributed by atoms with E-state index in [-0.39, 0.29) is 6.10 Å². The smallest absolute Gasteiger partial charge is 0.122 e. The first-order chi connectivity index (χ1) is 9.15. The van der Waals surface area contributed by atoms with E-state index in [4.69, 9.17) is 16.3 Å². The number of hydrogen-bond acceptors (Lipinski definition) is 2. The quantitative estimate of drug-likeness (QED) is 0.865. The zero-order valence-electron chi connectivity index (χ0n) is 11.5. The standard InChI is InChI=1S/C16H23ClO2/c1-12(19-15-9-5-8-14(17)11-15)16(18)10-13-6-3-2-4-7-13/h5,8-9,11-13,16,18H,2-4,6-7,10H2,1H3. The largest absolute Gasteiger partial charge is 0.488 e. The van der Waals surface area contributed by atoms with E-state index in [2.05, 4.69) is 0 Å². The predicted octanol–water partition coefficient (Wildman–Crippen LogP) is 4.44. The van der Waals surface area contributed by atoms with Crippen molar-refractivity contribution in [3.63, 3.8) is 0 Å². The van der Waals surface area contributed by atoms with Gasteiger partial charge in [-0.15, -0.1) is 0 Å². The van der Waals surface area contributed by atoms with Crippen LogP contribution in [-0.2, 0) is 0 Å². The third-order valence-electron chi connectivity index (χ3n) is 3.96. The van der Waals surface area contributed by atoms with E-state index < -0.39 is 6.10 Å². The van der Waals surface area contributed by atoms with E-state index >= 15 is 0 Å². The molecule has 1 saturated carbocycles. The van der Waals surface area contributed by atoms with Crippen LogP contribution in [0.1, 0.15) is 45.4 Å². The highest BCUT2D eigenvalue weighted by molar-refractivity contribution is 6.30. The molecule has 0 radical (unpaired) electrons. The molecule has 106 valence electrons. The van der Waals surface area contributed by atoms with Crippen molar-refractivity contribution in [3.05, 3.63) is 29.3 Å². The highest BCUT2D eigenvalue weighted by atomic mass is 35.5. The van der Waals surface area contributed by atoms with Crippen LogP contribution in [0.2, 0.25) is 5.02 Å². The average Bonchev–Trinajstić information content (AvgIpc) is 2.40. The molecule has 0 aromatic heterocycles. The first kappa shape index (κ1) is 14.7. The minimum atomic E-state index is -0.401. The van der Waals surface area contributed by atoms with Gasteiger partial charge in [0, 0.05) is 5.02 Å². The number of ether oxygens (including phenoxy) is 1. The van der Waals surface area contributed by atoms with Gasteiger partial charge in [0.2, 0.25) is 0 Å². The fourth-order valence-electron chi connectivity index (χ4n) is 2.79. The number of benzene rings is 1. The van der Waals surface area contributed by atoms with E-state index in [0.717, 1.165) is 12.2 Å². The first-order valence-electron chi connectivity index (χ1n) is 7.25. The predicted molar refractivity (Wildman–Crippen MR) is 78.7 cm³/mol. The van der Waals surface area contributed by atoms with Crippen LogP contribution < -0.4 is 4.74 Å². The molecule has 1 aromatic carbocycles. The minimum absolute atomic E-state index is 0.194. The van der Waals surface area contributed by atoms with Crippen molar-refractivity contribution in [2.24, 2.45) is 5.92 Å². The minimum Gasteiger partial charge on any atom is -0.488 e. The Bertz CT molecular complexity index is 388. The Balaban J connectivity index is 1.82. The van der Waals surface area contributed by atoms with Crippen LogP contribution in [0, 0.1) is 5.92 Å². The van der Waals surface area contributed by atoms with E-state index in [1.165, 1.54) is 32.1 Å². The van der Waals surface area contributed by atoms with E-state index in [0.29, 0.717) is 10.9 Å². The second kappa shape index (κ2) is 7.16. The summed E-state index contributed by atoms with van der Waals surface area (Å²) in [4.78, 5) is 0. The molecule has 0 saturated heterocycles. The summed E-state index contributed by atoms with van der Waals surface area (Å²) in [6.45, 7) is 1.92. The summed E-state index contributed by atoms with van der Waals surface area (Å²) in [6, 6.07) is 7.33. The van der Waals surface area contributed by atoms with Crippen molar-refractivity contribution in [1.29, 1.82) is 0 Å². The molecular formula is C16H23ClO2. The van der Waals surface area contributed by atoms with Crippen molar-refractivity contribution in [3.8, 4) is 5.75 Å². The van der Waals surface area contributed by atoms with Gasteiger partial charge in [-0.3, -0.25) is 0 Å². The molecular weight excluding hydrogens is 260 g/mol. The van der Waals surface area contributed by atoms with Crippen molar-refractivity contribution in [1.82, 2.24) is 0 Å². The molecule has 0 spiro atoms. The van der Waals surface area contributed by atoms with Gasteiger partial charge in [-0.25, -0.2) is 0 Å². The molecule has 0 amide bonds. The van der Waals surface area contributed by atoms with Crippen LogP contribution in [0.5, 0.6) is 5.75 Å². The zero-order valence-corrected chi connectivity index (χ0v) is 12.3. The zero-order chi connectivity index (χ0) is 13.7. The van der Waals surface area contributed by atoms with Crippen molar-refractivity contribution < 1.29 is 9.84 Å². The monoisotopic (exact) mass is 282 g/mol. The number of aliphatic hydroxyl groups is 1. The molecule has 1 fully saturated rings. The maximum absolute atomic E-state index is 10.2. The summed E-state index contributed by atoms with van der Waals surface area (Å²) in [5.74, 6) is 1.39. The fraction of sp³-hybridized carbons (Fsp3) is 0.625. The van der Waals surface area contributed by atoms with Crippen LogP contribution >= 0.6 is 11.6 Å². The summed E-state index contributed by atoms with van der Waals surface area (Å²) in [5.41, 5.74) is 0. The van der Waals surface area contributed by atoms with Gasteiger partial charge in [-0.1, -0.05) is 49.8 Å². The molecule has 2 unspecified atom stereocenters. The van der Waals surface area contributed by atoms with E-state index in [1.807, 2.05) is 25.1 Å². The van der Waals surface area contributed by atoms with E-state index in [1.54, 1.807) is 6.07 Å². The molecule has 2 rings (SSSR count). The summed E-state index contributed by atoms with van der Waals surface area (Å²) in [5, 5.41) is 10.9. The molecule has 0 aliphatic heterocycles.